The van der Waals surface area contributed by atoms with Gasteiger partial charge in [0.1, 0.15) is 11.3 Å². The second-order valence-corrected chi connectivity index (χ2v) is 9.21. The highest BCUT2D eigenvalue weighted by atomic mass is 32.2. The normalized spacial score (nSPS) is 13.5. The number of aromatic nitrogens is 1. The van der Waals surface area contributed by atoms with Crippen LogP contribution >= 0.6 is 0 Å². The van der Waals surface area contributed by atoms with Gasteiger partial charge in [-0.2, -0.15) is 4.98 Å². The van der Waals surface area contributed by atoms with E-state index in [1.165, 1.54) is 18.2 Å². The molecule has 5 rings (SSSR count). The number of nitrogens with one attached hydrogen (secondary N) is 1. The maximum atomic E-state index is 13.2. The topological polar surface area (TPSA) is 122 Å². The van der Waals surface area contributed by atoms with Crippen LogP contribution in [0, 0.1) is 0 Å². The highest BCUT2D eigenvalue weighted by Gasteiger charge is 2.28. The van der Waals surface area contributed by atoms with E-state index in [1.807, 2.05) is 6.07 Å². The monoisotopic (exact) mass is 436 g/mol. The predicted molar refractivity (Wildman–Crippen MR) is 115 cm³/mol. The van der Waals surface area contributed by atoms with Gasteiger partial charge in [-0.15, -0.1) is 0 Å². The van der Waals surface area contributed by atoms with Crippen molar-refractivity contribution in [1.29, 1.82) is 0 Å². The Morgan fingerprint density at radius 3 is 2.77 bits per heavy atom. The molecule has 0 radical (unpaired) electrons. The number of benzene rings is 3. The average Bonchev–Trinajstić information content (AvgIpc) is 3.30. The van der Waals surface area contributed by atoms with E-state index < -0.39 is 17.0 Å². The molecule has 0 bridgehead atoms. The minimum Gasteiger partial charge on any atom is -0.508 e. The van der Waals surface area contributed by atoms with Crippen molar-refractivity contribution in [2.45, 2.75) is 17.3 Å². The van der Waals surface area contributed by atoms with Gasteiger partial charge in [-0.1, -0.05) is 30.3 Å². The van der Waals surface area contributed by atoms with Gasteiger partial charge in [0.05, 0.1) is 22.9 Å². The van der Waals surface area contributed by atoms with Crippen molar-refractivity contribution < 1.29 is 27.6 Å². The summed E-state index contributed by atoms with van der Waals surface area (Å²) in [7, 11) is -4.86. The zero-order valence-electron chi connectivity index (χ0n) is 16.1. The summed E-state index contributed by atoms with van der Waals surface area (Å²) in [5.41, 5.74) is 3.24. The molecule has 1 aliphatic heterocycles. The third-order valence-corrected chi connectivity index (χ3v) is 6.80. The first-order chi connectivity index (χ1) is 14.9. The standard InChI is InChI=1S/C21H17BN2O6S/c25-15-7-8-20(18(10-15)24-21-23-17-3-1-2-4-19(17)30-21)31(27,28)12-13-5-6-14-11-29-22(26)16(14)9-13/h1-10,25-26H,11-12H2,(H,23,24). The number of nitrogens with zero attached hydrogens (tertiary/aromatic N) is 1. The van der Waals surface area contributed by atoms with Crippen molar-refractivity contribution in [2.24, 2.45) is 0 Å². The van der Waals surface area contributed by atoms with E-state index in [-0.39, 0.29) is 28.1 Å². The number of hydrogen-bond acceptors (Lipinski definition) is 8. The highest BCUT2D eigenvalue weighted by molar-refractivity contribution is 7.90. The van der Waals surface area contributed by atoms with E-state index in [9.17, 15) is 18.5 Å². The Labute approximate surface area is 178 Å². The average molecular weight is 436 g/mol. The van der Waals surface area contributed by atoms with Gasteiger partial charge in [0, 0.05) is 6.07 Å². The van der Waals surface area contributed by atoms with Crippen molar-refractivity contribution >= 4 is 45.2 Å². The Morgan fingerprint density at radius 1 is 1.10 bits per heavy atom. The van der Waals surface area contributed by atoms with Gasteiger partial charge in [0.15, 0.2) is 15.4 Å². The summed E-state index contributed by atoms with van der Waals surface area (Å²) in [6, 6.07) is 16.3. The summed E-state index contributed by atoms with van der Waals surface area (Å²) in [6.07, 6.45) is 0. The Morgan fingerprint density at radius 2 is 1.94 bits per heavy atom. The Bertz CT molecular complexity index is 1370. The number of fused-ring (bicyclic) bond motifs is 2. The second-order valence-electron chi connectivity index (χ2n) is 7.25. The van der Waals surface area contributed by atoms with Crippen LogP contribution in [0.3, 0.4) is 0 Å². The highest BCUT2D eigenvalue weighted by Crippen LogP contribution is 2.32. The predicted octanol–water partition coefficient (Wildman–Crippen LogP) is 2.47. The number of phenols is 1. The number of phenolic OH excluding ortho intramolecular Hbond substituents is 1. The molecule has 0 saturated carbocycles. The Hall–Kier alpha value is -3.34. The van der Waals surface area contributed by atoms with Crippen molar-refractivity contribution in [1.82, 2.24) is 4.98 Å². The molecule has 0 fully saturated rings. The molecule has 4 aromatic rings. The van der Waals surface area contributed by atoms with E-state index in [4.69, 9.17) is 9.07 Å². The number of anilines is 2. The molecule has 2 heterocycles. The minimum absolute atomic E-state index is 0.00940. The quantitative estimate of drug-likeness (QED) is 0.408. The van der Waals surface area contributed by atoms with Gasteiger partial charge in [-0.3, -0.25) is 0 Å². The number of hydrogen-bond donors (Lipinski definition) is 3. The maximum absolute atomic E-state index is 13.2. The fourth-order valence-electron chi connectivity index (χ4n) is 3.58. The van der Waals surface area contributed by atoms with Crippen LogP contribution in [-0.4, -0.2) is 30.7 Å². The molecule has 0 amide bonds. The molecule has 1 aromatic heterocycles. The molecule has 8 nitrogen and oxygen atoms in total. The van der Waals surface area contributed by atoms with Gasteiger partial charge in [-0.25, -0.2) is 8.42 Å². The second kappa shape index (κ2) is 7.42. The molecule has 156 valence electrons. The fraction of sp³-hybridized carbons (Fsp3) is 0.0952. The van der Waals surface area contributed by atoms with E-state index in [0.717, 1.165) is 5.56 Å². The van der Waals surface area contributed by atoms with Crippen molar-refractivity contribution in [3.63, 3.8) is 0 Å². The van der Waals surface area contributed by atoms with Crippen LogP contribution in [0.1, 0.15) is 11.1 Å². The summed E-state index contributed by atoms with van der Waals surface area (Å²) in [4.78, 5) is 4.29. The molecule has 0 saturated heterocycles. The van der Waals surface area contributed by atoms with Gasteiger partial charge in [0.2, 0.25) is 0 Å². The van der Waals surface area contributed by atoms with Crippen LogP contribution in [-0.2, 0) is 26.9 Å². The first-order valence-electron chi connectivity index (χ1n) is 9.49. The van der Waals surface area contributed by atoms with Crippen LogP contribution in [0.15, 0.2) is 70.0 Å². The fourth-order valence-corrected chi connectivity index (χ4v) is 5.07. The number of para-hydroxylation sites is 2. The molecular formula is C21H17BN2O6S. The van der Waals surface area contributed by atoms with Crippen LogP contribution in [0.4, 0.5) is 11.7 Å². The van der Waals surface area contributed by atoms with Gasteiger partial charge in [0.25, 0.3) is 6.01 Å². The lowest BCUT2D eigenvalue weighted by molar-refractivity contribution is 0.275. The zero-order chi connectivity index (χ0) is 21.6. The van der Waals surface area contributed by atoms with Crippen molar-refractivity contribution in [3.8, 4) is 5.75 Å². The Kier molecular flexibility index (Phi) is 4.69. The first-order valence-corrected chi connectivity index (χ1v) is 11.1. The van der Waals surface area contributed by atoms with E-state index >= 15 is 0 Å². The molecule has 3 N–H and O–H groups in total. The Balaban J connectivity index is 1.48. The van der Waals surface area contributed by atoms with E-state index in [0.29, 0.717) is 28.7 Å². The molecule has 10 heteroatoms. The first kappa shape index (κ1) is 19.6. The van der Waals surface area contributed by atoms with E-state index in [1.54, 1.807) is 36.4 Å². The lowest BCUT2D eigenvalue weighted by Crippen LogP contribution is -2.28. The molecule has 0 aliphatic carbocycles. The zero-order valence-corrected chi connectivity index (χ0v) is 17.0. The number of sulfone groups is 1. The summed E-state index contributed by atoms with van der Waals surface area (Å²) in [6.45, 7) is 0.292. The SMILES string of the molecule is O=S(=O)(Cc1ccc2c(c1)B(O)OC2)c1ccc(O)cc1Nc1nc2ccccc2o1. The van der Waals surface area contributed by atoms with Crippen LogP contribution in [0.25, 0.3) is 11.1 Å². The maximum Gasteiger partial charge on any atom is 0.491 e. The molecule has 0 unspecified atom stereocenters. The minimum atomic E-state index is -3.81. The third kappa shape index (κ3) is 3.76. The molecule has 0 spiro atoms. The van der Waals surface area contributed by atoms with Crippen LogP contribution in [0.5, 0.6) is 5.75 Å². The van der Waals surface area contributed by atoms with E-state index in [2.05, 4.69) is 10.3 Å². The van der Waals surface area contributed by atoms with Gasteiger partial charge in [-0.05, 0) is 40.9 Å². The summed E-state index contributed by atoms with van der Waals surface area (Å²) in [5, 5.41) is 22.7. The van der Waals surface area contributed by atoms with Crippen molar-refractivity contribution in [3.05, 3.63) is 71.8 Å². The van der Waals surface area contributed by atoms with Crippen LogP contribution < -0.4 is 10.8 Å². The lowest BCUT2D eigenvalue weighted by atomic mass is 9.79. The smallest absolute Gasteiger partial charge is 0.491 e. The summed E-state index contributed by atoms with van der Waals surface area (Å²) in [5.74, 6) is -0.393. The van der Waals surface area contributed by atoms with Gasteiger partial charge >= 0.3 is 7.12 Å². The largest absolute Gasteiger partial charge is 0.508 e. The number of oxazole rings is 1. The van der Waals surface area contributed by atoms with Gasteiger partial charge < -0.3 is 24.5 Å². The molecule has 1 aliphatic rings. The summed E-state index contributed by atoms with van der Waals surface area (Å²) >= 11 is 0. The number of aromatic hydroxyl groups is 1. The number of rotatable bonds is 5. The third-order valence-electron chi connectivity index (χ3n) is 5.06. The molecular weight excluding hydrogens is 419 g/mol. The molecule has 3 aromatic carbocycles. The van der Waals surface area contributed by atoms with Crippen molar-refractivity contribution in [2.75, 3.05) is 5.32 Å². The molecule has 0 atom stereocenters. The molecule has 31 heavy (non-hydrogen) atoms. The van der Waals surface area contributed by atoms with Crippen LogP contribution in [0.2, 0.25) is 0 Å². The lowest BCUT2D eigenvalue weighted by Gasteiger charge is -2.12. The summed E-state index contributed by atoms with van der Waals surface area (Å²) < 4.78 is 37.2.